The maximum Gasteiger partial charge on any atom is 0.142 e. The van der Waals surface area contributed by atoms with Crippen LogP contribution < -0.4 is 5.32 Å². The van der Waals surface area contributed by atoms with E-state index < -0.39 is 6.10 Å². The van der Waals surface area contributed by atoms with Crippen LogP contribution in [0, 0.1) is 5.82 Å². The second-order valence-corrected chi connectivity index (χ2v) is 9.18. The SMILES string of the molecule is O=CC1CCc2cc(C(O)CCN3CCCCC3Cc3ccc(F)cc3)c(Cl)cc2N1. The Labute approximate surface area is 188 Å². The fraction of sp³-hybridized carbons (Fsp3) is 0.480. The molecule has 1 saturated heterocycles. The van der Waals surface area contributed by atoms with Crippen LogP contribution in [0.5, 0.6) is 0 Å². The van der Waals surface area contributed by atoms with Gasteiger partial charge in [-0.05, 0) is 86.0 Å². The smallest absolute Gasteiger partial charge is 0.142 e. The lowest BCUT2D eigenvalue weighted by Gasteiger charge is -2.36. The summed E-state index contributed by atoms with van der Waals surface area (Å²) in [6, 6.07) is 10.9. The van der Waals surface area contributed by atoms with E-state index in [0.717, 1.165) is 67.4 Å². The highest BCUT2D eigenvalue weighted by Gasteiger charge is 2.25. The third kappa shape index (κ3) is 5.46. The number of fused-ring (bicyclic) bond motifs is 1. The third-order valence-electron chi connectivity index (χ3n) is 6.63. The Morgan fingerprint density at radius 1 is 1.23 bits per heavy atom. The number of piperidine rings is 1. The molecule has 2 aromatic carbocycles. The number of anilines is 1. The predicted molar refractivity (Wildman–Crippen MR) is 122 cm³/mol. The molecule has 166 valence electrons. The molecule has 2 aromatic rings. The number of benzene rings is 2. The van der Waals surface area contributed by atoms with Crippen LogP contribution in [0.3, 0.4) is 0 Å². The minimum absolute atomic E-state index is 0.170. The zero-order valence-electron chi connectivity index (χ0n) is 17.7. The molecule has 1 fully saturated rings. The van der Waals surface area contributed by atoms with Gasteiger partial charge in [0.15, 0.2) is 0 Å². The largest absolute Gasteiger partial charge is 0.388 e. The van der Waals surface area contributed by atoms with Crippen molar-refractivity contribution in [3.05, 3.63) is 63.9 Å². The Balaban J connectivity index is 1.39. The van der Waals surface area contributed by atoms with Gasteiger partial charge in [-0.2, -0.15) is 0 Å². The molecule has 3 atom stereocenters. The summed E-state index contributed by atoms with van der Waals surface area (Å²) in [5, 5.41) is 14.6. The summed E-state index contributed by atoms with van der Waals surface area (Å²) in [5.74, 6) is -0.203. The lowest BCUT2D eigenvalue weighted by Crippen LogP contribution is -2.41. The maximum absolute atomic E-state index is 13.2. The topological polar surface area (TPSA) is 52.6 Å². The van der Waals surface area contributed by atoms with Crippen LogP contribution in [0.15, 0.2) is 36.4 Å². The van der Waals surface area contributed by atoms with Crippen LogP contribution in [-0.2, 0) is 17.6 Å². The monoisotopic (exact) mass is 444 g/mol. The number of hydrogen-bond donors (Lipinski definition) is 2. The lowest BCUT2D eigenvalue weighted by molar-refractivity contribution is -0.108. The fourth-order valence-electron chi connectivity index (χ4n) is 4.84. The van der Waals surface area contributed by atoms with Gasteiger partial charge in [0, 0.05) is 23.3 Å². The van der Waals surface area contributed by atoms with Gasteiger partial charge in [-0.15, -0.1) is 0 Å². The zero-order valence-corrected chi connectivity index (χ0v) is 18.5. The molecule has 31 heavy (non-hydrogen) atoms. The molecule has 4 rings (SSSR count). The van der Waals surface area contributed by atoms with Crippen molar-refractivity contribution in [3.63, 3.8) is 0 Å². The van der Waals surface area contributed by atoms with E-state index in [9.17, 15) is 14.3 Å². The molecule has 0 bridgehead atoms. The van der Waals surface area contributed by atoms with E-state index in [1.165, 1.54) is 25.0 Å². The van der Waals surface area contributed by atoms with E-state index in [1.54, 1.807) is 0 Å². The molecule has 0 spiro atoms. The first-order valence-electron chi connectivity index (χ1n) is 11.2. The van der Waals surface area contributed by atoms with Crippen molar-refractivity contribution in [2.24, 2.45) is 0 Å². The standard InChI is InChI=1S/C25H30ClFN2O2/c26-23-15-24-18(6-9-20(16-30)28-24)14-22(23)25(31)10-12-29-11-2-1-3-21(29)13-17-4-7-19(27)8-5-17/h4-5,7-8,14-16,20-21,25,28,31H,1-3,6,9-13H2. The molecule has 2 aliphatic rings. The second-order valence-electron chi connectivity index (χ2n) is 8.78. The summed E-state index contributed by atoms with van der Waals surface area (Å²) in [6.45, 7) is 1.82. The number of rotatable bonds is 7. The van der Waals surface area contributed by atoms with Crippen molar-refractivity contribution in [2.45, 2.75) is 63.1 Å². The van der Waals surface area contributed by atoms with Gasteiger partial charge < -0.3 is 15.2 Å². The summed E-state index contributed by atoms with van der Waals surface area (Å²) in [4.78, 5) is 13.5. The number of aliphatic hydroxyl groups is 1. The molecule has 2 N–H and O–H groups in total. The number of halogens is 2. The second kappa shape index (κ2) is 10.1. The number of nitrogens with one attached hydrogen (secondary N) is 1. The Morgan fingerprint density at radius 3 is 2.81 bits per heavy atom. The maximum atomic E-state index is 13.2. The van der Waals surface area contributed by atoms with Crippen molar-refractivity contribution in [1.29, 1.82) is 0 Å². The number of aldehydes is 1. The zero-order chi connectivity index (χ0) is 21.8. The Kier molecular flexibility index (Phi) is 7.26. The van der Waals surface area contributed by atoms with Crippen LogP contribution in [-0.4, -0.2) is 41.5 Å². The third-order valence-corrected chi connectivity index (χ3v) is 6.96. The van der Waals surface area contributed by atoms with Crippen molar-refractivity contribution >= 4 is 23.6 Å². The van der Waals surface area contributed by atoms with Crippen LogP contribution >= 0.6 is 11.6 Å². The van der Waals surface area contributed by atoms with E-state index in [4.69, 9.17) is 11.6 Å². The average molecular weight is 445 g/mol. The number of carbonyl (C=O) groups is 1. The highest BCUT2D eigenvalue weighted by Crippen LogP contribution is 2.34. The van der Waals surface area contributed by atoms with Gasteiger partial charge in [-0.25, -0.2) is 4.39 Å². The first-order chi connectivity index (χ1) is 15.0. The predicted octanol–water partition coefficient (Wildman–Crippen LogP) is 4.93. The van der Waals surface area contributed by atoms with Crippen molar-refractivity contribution in [2.75, 3.05) is 18.4 Å². The summed E-state index contributed by atoms with van der Waals surface area (Å²) < 4.78 is 13.2. The van der Waals surface area contributed by atoms with Gasteiger partial charge in [0.2, 0.25) is 0 Å². The fourth-order valence-corrected chi connectivity index (χ4v) is 5.13. The molecule has 2 aliphatic heterocycles. The molecular formula is C25H30ClFN2O2. The highest BCUT2D eigenvalue weighted by molar-refractivity contribution is 6.31. The van der Waals surface area contributed by atoms with Gasteiger partial charge in [0.25, 0.3) is 0 Å². The molecule has 6 heteroatoms. The lowest BCUT2D eigenvalue weighted by atomic mass is 9.93. The van der Waals surface area contributed by atoms with Crippen LogP contribution in [0.1, 0.15) is 54.9 Å². The number of carbonyl (C=O) groups excluding carboxylic acids is 1. The summed E-state index contributed by atoms with van der Waals surface area (Å²) >= 11 is 6.48. The number of hydrogen-bond acceptors (Lipinski definition) is 4. The van der Waals surface area contributed by atoms with Crippen LogP contribution in [0.2, 0.25) is 5.02 Å². The summed E-state index contributed by atoms with van der Waals surface area (Å²) in [7, 11) is 0. The Morgan fingerprint density at radius 2 is 2.03 bits per heavy atom. The molecule has 3 unspecified atom stereocenters. The molecule has 0 aromatic heterocycles. The molecule has 4 nitrogen and oxygen atoms in total. The van der Waals surface area contributed by atoms with Crippen molar-refractivity contribution in [3.8, 4) is 0 Å². The average Bonchev–Trinajstić information content (AvgIpc) is 2.79. The Hall–Kier alpha value is -1.95. The van der Waals surface area contributed by atoms with E-state index in [1.807, 2.05) is 24.3 Å². The molecule has 0 amide bonds. The quantitative estimate of drug-likeness (QED) is 0.595. The van der Waals surface area contributed by atoms with Crippen molar-refractivity contribution < 1.29 is 14.3 Å². The molecular weight excluding hydrogens is 415 g/mol. The first kappa shape index (κ1) is 22.3. The molecule has 0 aliphatic carbocycles. The van der Waals surface area contributed by atoms with Gasteiger partial charge in [0.05, 0.1) is 12.1 Å². The van der Waals surface area contributed by atoms with Gasteiger partial charge in [-0.3, -0.25) is 4.90 Å². The first-order valence-corrected chi connectivity index (χ1v) is 11.6. The van der Waals surface area contributed by atoms with Crippen LogP contribution in [0.25, 0.3) is 0 Å². The van der Waals surface area contributed by atoms with E-state index in [2.05, 4.69) is 10.2 Å². The van der Waals surface area contributed by atoms with Crippen molar-refractivity contribution in [1.82, 2.24) is 4.90 Å². The highest BCUT2D eigenvalue weighted by atomic mass is 35.5. The van der Waals surface area contributed by atoms with Gasteiger partial charge in [-0.1, -0.05) is 30.2 Å². The number of likely N-dealkylation sites (tertiary alicyclic amines) is 1. The normalized spacial score (nSPS) is 22.4. The van der Waals surface area contributed by atoms with E-state index in [-0.39, 0.29) is 11.9 Å². The van der Waals surface area contributed by atoms with Gasteiger partial charge in [0.1, 0.15) is 12.1 Å². The van der Waals surface area contributed by atoms with Crippen LogP contribution in [0.4, 0.5) is 10.1 Å². The number of nitrogens with zero attached hydrogens (tertiary/aromatic N) is 1. The molecule has 2 heterocycles. The summed E-state index contributed by atoms with van der Waals surface area (Å²) in [6.07, 6.45) is 6.87. The minimum atomic E-state index is -0.630. The number of aryl methyl sites for hydroxylation is 1. The van der Waals surface area contributed by atoms with E-state index >= 15 is 0 Å². The summed E-state index contributed by atoms with van der Waals surface area (Å²) in [5.41, 5.74) is 3.90. The molecule has 0 radical (unpaired) electrons. The number of aliphatic hydroxyl groups excluding tert-OH is 1. The molecule has 0 saturated carbocycles. The van der Waals surface area contributed by atoms with E-state index in [0.29, 0.717) is 17.5 Å². The van der Waals surface area contributed by atoms with Gasteiger partial charge >= 0.3 is 0 Å². The minimum Gasteiger partial charge on any atom is -0.388 e. The Bertz CT molecular complexity index is 905.